The largest absolute Gasteiger partial charge is 0.416 e. The third kappa shape index (κ3) is 3.68. The predicted molar refractivity (Wildman–Crippen MR) is 92.5 cm³/mol. The van der Waals surface area contributed by atoms with Gasteiger partial charge < -0.3 is 4.90 Å². The number of aromatic nitrogens is 4. The number of nitrogens with zero attached hydrogens (tertiary/aromatic N) is 5. The van der Waals surface area contributed by atoms with Gasteiger partial charge in [-0.1, -0.05) is 18.2 Å². The van der Waals surface area contributed by atoms with E-state index in [9.17, 15) is 13.2 Å². The lowest BCUT2D eigenvalue weighted by Gasteiger charge is -2.20. The maximum Gasteiger partial charge on any atom is 0.416 e. The van der Waals surface area contributed by atoms with Crippen molar-refractivity contribution in [1.29, 1.82) is 0 Å². The third-order valence-electron chi connectivity index (χ3n) is 4.00. The molecule has 0 spiro atoms. The minimum atomic E-state index is -4.40. The van der Waals surface area contributed by atoms with Crippen LogP contribution in [0.2, 0.25) is 0 Å². The van der Waals surface area contributed by atoms with Gasteiger partial charge in [0.25, 0.3) is 0 Å². The number of aryl methyl sites for hydroxylation is 2. The Morgan fingerprint density at radius 2 is 1.88 bits per heavy atom. The van der Waals surface area contributed by atoms with Gasteiger partial charge in [0, 0.05) is 38.6 Å². The Bertz CT molecular complexity index is 917. The van der Waals surface area contributed by atoms with Crippen molar-refractivity contribution in [3.8, 4) is 11.3 Å². The highest BCUT2D eigenvalue weighted by Gasteiger charge is 2.33. The first-order valence-corrected chi connectivity index (χ1v) is 7.95. The van der Waals surface area contributed by atoms with E-state index in [4.69, 9.17) is 0 Å². The Morgan fingerprint density at radius 3 is 2.54 bits per heavy atom. The average Bonchev–Trinajstić information content (AvgIpc) is 2.93. The van der Waals surface area contributed by atoms with Gasteiger partial charge in [0.1, 0.15) is 0 Å². The van der Waals surface area contributed by atoms with Crippen LogP contribution >= 0.6 is 0 Å². The van der Waals surface area contributed by atoms with Crippen LogP contribution in [0.4, 0.5) is 19.1 Å². The monoisotopic (exact) mass is 361 g/mol. The van der Waals surface area contributed by atoms with Gasteiger partial charge in [0.05, 0.1) is 17.0 Å². The lowest BCUT2D eigenvalue weighted by molar-refractivity contribution is -0.138. The molecule has 0 fully saturated rings. The van der Waals surface area contributed by atoms with Crippen molar-refractivity contribution in [3.05, 3.63) is 59.5 Å². The molecule has 0 unspecified atom stereocenters. The molecule has 5 nitrogen and oxygen atoms in total. The average molecular weight is 361 g/mol. The topological polar surface area (TPSA) is 46.8 Å². The molecule has 3 aromatic rings. The van der Waals surface area contributed by atoms with E-state index in [-0.39, 0.29) is 12.1 Å². The van der Waals surface area contributed by atoms with Crippen LogP contribution in [0.25, 0.3) is 11.3 Å². The highest BCUT2D eigenvalue weighted by molar-refractivity contribution is 5.61. The number of benzene rings is 1. The zero-order valence-electron chi connectivity index (χ0n) is 14.6. The third-order valence-corrected chi connectivity index (χ3v) is 4.00. The van der Waals surface area contributed by atoms with Crippen molar-refractivity contribution >= 4 is 5.95 Å². The van der Waals surface area contributed by atoms with E-state index in [0.29, 0.717) is 11.6 Å². The Balaban J connectivity index is 1.89. The molecule has 8 heteroatoms. The van der Waals surface area contributed by atoms with Gasteiger partial charge in [-0.3, -0.25) is 4.68 Å². The van der Waals surface area contributed by atoms with Crippen LogP contribution in [0.3, 0.4) is 0 Å². The number of halogens is 3. The normalized spacial score (nSPS) is 11.6. The fourth-order valence-corrected chi connectivity index (χ4v) is 2.79. The molecule has 3 rings (SSSR count). The second-order valence-corrected chi connectivity index (χ2v) is 6.05. The van der Waals surface area contributed by atoms with E-state index in [1.807, 2.05) is 20.2 Å². The van der Waals surface area contributed by atoms with Crippen molar-refractivity contribution in [2.75, 3.05) is 11.9 Å². The lowest BCUT2D eigenvalue weighted by atomic mass is 10.1. The molecule has 0 radical (unpaired) electrons. The first-order valence-electron chi connectivity index (χ1n) is 7.95. The van der Waals surface area contributed by atoms with Gasteiger partial charge >= 0.3 is 6.18 Å². The maximum atomic E-state index is 13.2. The molecule has 26 heavy (non-hydrogen) atoms. The Kier molecular flexibility index (Phi) is 4.67. The highest BCUT2D eigenvalue weighted by Crippen LogP contribution is 2.32. The molecule has 0 saturated heterocycles. The van der Waals surface area contributed by atoms with E-state index in [1.165, 1.54) is 12.1 Å². The van der Waals surface area contributed by atoms with Crippen LogP contribution in [-0.2, 0) is 19.8 Å². The standard InChI is InChI=1S/C18H18F3N5/c1-12-14(11-26(3)24-12)16-8-9-22-17(23-16)25(2)10-13-6-4-5-7-15(13)18(19,20)21/h4-9,11H,10H2,1-3H3. The Morgan fingerprint density at radius 1 is 1.15 bits per heavy atom. The quantitative estimate of drug-likeness (QED) is 0.708. The van der Waals surface area contributed by atoms with Crippen molar-refractivity contribution < 1.29 is 13.2 Å². The van der Waals surface area contributed by atoms with Gasteiger partial charge in [-0.2, -0.15) is 18.3 Å². The van der Waals surface area contributed by atoms with Gasteiger partial charge in [-0.25, -0.2) is 9.97 Å². The molecular weight excluding hydrogens is 343 g/mol. The minimum Gasteiger partial charge on any atom is -0.340 e. The summed E-state index contributed by atoms with van der Waals surface area (Å²) in [4.78, 5) is 10.3. The van der Waals surface area contributed by atoms with E-state index >= 15 is 0 Å². The predicted octanol–water partition coefficient (Wildman–Crippen LogP) is 3.84. The molecule has 0 aliphatic heterocycles. The number of hydrogen-bond acceptors (Lipinski definition) is 4. The summed E-state index contributed by atoms with van der Waals surface area (Å²) >= 11 is 0. The molecular formula is C18H18F3N5. The van der Waals surface area contributed by atoms with E-state index in [2.05, 4.69) is 15.1 Å². The van der Waals surface area contributed by atoms with E-state index in [0.717, 1.165) is 17.3 Å². The summed E-state index contributed by atoms with van der Waals surface area (Å²) in [5.74, 6) is 0.350. The molecule has 0 atom stereocenters. The van der Waals surface area contributed by atoms with E-state index in [1.54, 1.807) is 35.0 Å². The molecule has 0 N–H and O–H groups in total. The lowest BCUT2D eigenvalue weighted by Crippen LogP contribution is -2.21. The molecule has 1 aromatic carbocycles. The van der Waals surface area contributed by atoms with Gasteiger partial charge in [-0.15, -0.1) is 0 Å². The maximum absolute atomic E-state index is 13.2. The SMILES string of the molecule is Cc1nn(C)cc1-c1ccnc(N(C)Cc2ccccc2C(F)(F)F)n1. The van der Waals surface area contributed by atoms with Crippen LogP contribution in [0.1, 0.15) is 16.8 Å². The van der Waals surface area contributed by atoms with Gasteiger partial charge in [-0.05, 0) is 24.6 Å². The molecule has 136 valence electrons. The van der Waals surface area contributed by atoms with Crippen molar-refractivity contribution in [2.24, 2.45) is 7.05 Å². The molecule has 0 aliphatic rings. The Labute approximate surface area is 149 Å². The van der Waals surface area contributed by atoms with Crippen LogP contribution in [0.5, 0.6) is 0 Å². The molecule has 2 aromatic heterocycles. The van der Waals surface area contributed by atoms with Crippen LogP contribution < -0.4 is 4.90 Å². The fourth-order valence-electron chi connectivity index (χ4n) is 2.79. The molecule has 0 bridgehead atoms. The summed E-state index contributed by atoms with van der Waals surface area (Å²) in [7, 11) is 3.49. The smallest absolute Gasteiger partial charge is 0.340 e. The van der Waals surface area contributed by atoms with Crippen LogP contribution in [-0.4, -0.2) is 26.8 Å². The summed E-state index contributed by atoms with van der Waals surface area (Å²) in [6, 6.07) is 7.28. The summed E-state index contributed by atoms with van der Waals surface area (Å²) in [6.45, 7) is 1.92. The van der Waals surface area contributed by atoms with Crippen LogP contribution in [0.15, 0.2) is 42.7 Å². The molecule has 2 heterocycles. The second kappa shape index (κ2) is 6.78. The van der Waals surface area contributed by atoms with Crippen molar-refractivity contribution in [2.45, 2.75) is 19.6 Å². The summed E-state index contributed by atoms with van der Waals surface area (Å²) in [6.07, 6.45) is -0.955. The number of anilines is 1. The highest BCUT2D eigenvalue weighted by atomic mass is 19.4. The number of alkyl halides is 3. The summed E-state index contributed by atoms with van der Waals surface area (Å²) in [5.41, 5.74) is 1.89. The molecule has 0 aliphatic carbocycles. The summed E-state index contributed by atoms with van der Waals surface area (Å²) < 4.78 is 41.2. The zero-order chi connectivity index (χ0) is 18.9. The second-order valence-electron chi connectivity index (χ2n) is 6.05. The zero-order valence-corrected chi connectivity index (χ0v) is 14.6. The molecule has 0 saturated carbocycles. The number of rotatable bonds is 4. The van der Waals surface area contributed by atoms with Gasteiger partial charge in [0.2, 0.25) is 5.95 Å². The van der Waals surface area contributed by atoms with Crippen molar-refractivity contribution in [3.63, 3.8) is 0 Å². The molecule has 0 amide bonds. The Hall–Kier alpha value is -2.90. The van der Waals surface area contributed by atoms with E-state index < -0.39 is 11.7 Å². The van der Waals surface area contributed by atoms with Crippen LogP contribution in [0, 0.1) is 6.92 Å². The minimum absolute atomic E-state index is 0.0468. The van der Waals surface area contributed by atoms with Crippen molar-refractivity contribution in [1.82, 2.24) is 19.7 Å². The first-order chi connectivity index (χ1) is 12.3. The fraction of sp³-hybridized carbons (Fsp3) is 0.278. The summed E-state index contributed by atoms with van der Waals surface area (Å²) in [5, 5.41) is 4.29. The number of hydrogen-bond donors (Lipinski definition) is 0. The van der Waals surface area contributed by atoms with Gasteiger partial charge in [0.15, 0.2) is 0 Å². The first kappa shape index (κ1) is 17.9.